The molecule has 4 nitrogen and oxygen atoms in total. The van der Waals surface area contributed by atoms with E-state index in [9.17, 15) is 8.42 Å². The van der Waals surface area contributed by atoms with Gasteiger partial charge < -0.3 is 10.5 Å². The summed E-state index contributed by atoms with van der Waals surface area (Å²) in [7, 11) is -2.84. The Hall–Kier alpha value is -0.130. The fourth-order valence-corrected chi connectivity index (χ4v) is 4.37. The van der Waals surface area contributed by atoms with Crippen molar-refractivity contribution in [3.8, 4) is 0 Å². The molecule has 2 fully saturated rings. The highest BCUT2D eigenvalue weighted by Crippen LogP contribution is 2.26. The van der Waals surface area contributed by atoms with E-state index in [0.29, 0.717) is 13.0 Å². The van der Waals surface area contributed by atoms with Gasteiger partial charge in [-0.1, -0.05) is 25.7 Å². The van der Waals surface area contributed by atoms with E-state index in [2.05, 4.69) is 0 Å². The minimum Gasteiger partial charge on any atom is -0.375 e. The van der Waals surface area contributed by atoms with Gasteiger partial charge in [-0.25, -0.2) is 8.42 Å². The van der Waals surface area contributed by atoms with Crippen LogP contribution in [0.5, 0.6) is 0 Å². The van der Waals surface area contributed by atoms with Gasteiger partial charge in [-0.15, -0.1) is 0 Å². The number of hydrogen-bond donors (Lipinski definition) is 1. The lowest BCUT2D eigenvalue weighted by molar-refractivity contribution is 0.0292. The third-order valence-electron chi connectivity index (χ3n) is 3.90. The van der Waals surface area contributed by atoms with Crippen LogP contribution in [-0.4, -0.2) is 38.2 Å². The van der Waals surface area contributed by atoms with Crippen molar-refractivity contribution in [3.05, 3.63) is 0 Å². The molecule has 17 heavy (non-hydrogen) atoms. The Labute approximate surface area is 104 Å². The summed E-state index contributed by atoms with van der Waals surface area (Å²) < 4.78 is 28.4. The Morgan fingerprint density at radius 3 is 2.35 bits per heavy atom. The van der Waals surface area contributed by atoms with Gasteiger partial charge in [-0.2, -0.15) is 0 Å². The van der Waals surface area contributed by atoms with Crippen molar-refractivity contribution in [1.29, 1.82) is 0 Å². The molecule has 0 amide bonds. The standard InChI is InChI=1S/C12H23NO3S/c13-12(6-3-1-2-4-7-12)10-16-11-5-8-17(14,15)9-11/h11H,1-10,13H2. The Balaban J connectivity index is 1.81. The van der Waals surface area contributed by atoms with Gasteiger partial charge in [0.05, 0.1) is 24.2 Å². The van der Waals surface area contributed by atoms with Gasteiger partial charge in [-0.3, -0.25) is 0 Å². The van der Waals surface area contributed by atoms with Gasteiger partial charge in [0.25, 0.3) is 0 Å². The molecule has 1 heterocycles. The zero-order chi connectivity index (χ0) is 12.4. The first kappa shape index (κ1) is 13.3. The van der Waals surface area contributed by atoms with Crippen LogP contribution in [-0.2, 0) is 14.6 Å². The predicted molar refractivity (Wildman–Crippen MR) is 67.6 cm³/mol. The first-order chi connectivity index (χ1) is 7.99. The fourth-order valence-electron chi connectivity index (χ4n) is 2.75. The van der Waals surface area contributed by atoms with E-state index in [4.69, 9.17) is 10.5 Å². The summed E-state index contributed by atoms with van der Waals surface area (Å²) in [6, 6.07) is 0. The van der Waals surface area contributed by atoms with Gasteiger partial charge >= 0.3 is 0 Å². The molecule has 0 aromatic heterocycles. The van der Waals surface area contributed by atoms with Gasteiger partial charge in [0.15, 0.2) is 9.84 Å². The molecule has 1 atom stereocenters. The van der Waals surface area contributed by atoms with Crippen molar-refractivity contribution < 1.29 is 13.2 Å². The molecule has 0 spiro atoms. The van der Waals surface area contributed by atoms with Crippen LogP contribution < -0.4 is 5.73 Å². The molecule has 2 rings (SSSR count). The lowest BCUT2D eigenvalue weighted by Crippen LogP contribution is -2.45. The lowest BCUT2D eigenvalue weighted by Gasteiger charge is -2.29. The second kappa shape index (κ2) is 5.24. The normalized spacial score (nSPS) is 32.2. The minimum absolute atomic E-state index is 0.122. The monoisotopic (exact) mass is 261 g/mol. The van der Waals surface area contributed by atoms with Crippen LogP contribution >= 0.6 is 0 Å². The third-order valence-corrected chi connectivity index (χ3v) is 5.63. The first-order valence-electron chi connectivity index (χ1n) is 6.60. The quantitative estimate of drug-likeness (QED) is 0.776. The van der Waals surface area contributed by atoms with Crippen molar-refractivity contribution >= 4 is 9.84 Å². The van der Waals surface area contributed by atoms with E-state index in [1.165, 1.54) is 25.7 Å². The van der Waals surface area contributed by atoms with Crippen LogP contribution in [0.1, 0.15) is 44.9 Å². The van der Waals surface area contributed by atoms with Crippen molar-refractivity contribution in [2.24, 2.45) is 5.73 Å². The molecule has 1 aliphatic heterocycles. The van der Waals surface area contributed by atoms with E-state index in [0.717, 1.165) is 12.8 Å². The highest BCUT2D eigenvalue weighted by molar-refractivity contribution is 7.91. The Bertz CT molecular complexity index is 345. The van der Waals surface area contributed by atoms with Crippen LogP contribution in [0.2, 0.25) is 0 Å². The van der Waals surface area contributed by atoms with E-state index in [1.54, 1.807) is 0 Å². The molecule has 5 heteroatoms. The van der Waals surface area contributed by atoms with Crippen LogP contribution in [0.25, 0.3) is 0 Å². The summed E-state index contributed by atoms with van der Waals surface area (Å²) in [5, 5.41) is 0. The van der Waals surface area contributed by atoms with Crippen molar-refractivity contribution in [3.63, 3.8) is 0 Å². The van der Waals surface area contributed by atoms with Crippen molar-refractivity contribution in [1.82, 2.24) is 0 Å². The molecule has 1 saturated carbocycles. The van der Waals surface area contributed by atoms with Gasteiger partial charge in [0, 0.05) is 5.54 Å². The largest absolute Gasteiger partial charge is 0.375 e. The van der Waals surface area contributed by atoms with E-state index in [-0.39, 0.29) is 23.1 Å². The maximum atomic E-state index is 11.3. The molecule has 1 aliphatic carbocycles. The van der Waals surface area contributed by atoms with Crippen molar-refractivity contribution in [2.75, 3.05) is 18.1 Å². The van der Waals surface area contributed by atoms with E-state index >= 15 is 0 Å². The number of ether oxygens (including phenoxy) is 1. The molecule has 2 N–H and O–H groups in total. The first-order valence-corrected chi connectivity index (χ1v) is 8.42. The topological polar surface area (TPSA) is 69.4 Å². The molecule has 0 radical (unpaired) electrons. The number of rotatable bonds is 3. The summed E-state index contributed by atoms with van der Waals surface area (Å²) >= 11 is 0. The molecule has 1 unspecified atom stereocenters. The van der Waals surface area contributed by atoms with Crippen LogP contribution in [0.4, 0.5) is 0 Å². The SMILES string of the molecule is NC1(COC2CCS(=O)(=O)C2)CCCCCC1. The van der Waals surface area contributed by atoms with Gasteiger partial charge in [0.1, 0.15) is 0 Å². The van der Waals surface area contributed by atoms with Crippen LogP contribution in [0, 0.1) is 0 Å². The summed E-state index contributed by atoms with van der Waals surface area (Å²) in [6.45, 7) is 0.521. The maximum absolute atomic E-state index is 11.3. The average molecular weight is 261 g/mol. The van der Waals surface area contributed by atoms with Crippen molar-refractivity contribution in [2.45, 2.75) is 56.6 Å². The number of hydrogen-bond acceptors (Lipinski definition) is 4. The molecule has 0 aromatic rings. The van der Waals surface area contributed by atoms with Crippen LogP contribution in [0.3, 0.4) is 0 Å². The maximum Gasteiger partial charge on any atom is 0.152 e. The smallest absolute Gasteiger partial charge is 0.152 e. The summed E-state index contributed by atoms with van der Waals surface area (Å²) in [6.07, 6.45) is 7.39. The summed E-state index contributed by atoms with van der Waals surface area (Å²) in [5.41, 5.74) is 6.11. The van der Waals surface area contributed by atoms with Gasteiger partial charge in [-0.05, 0) is 19.3 Å². The average Bonchev–Trinajstić information content (AvgIpc) is 2.47. The summed E-state index contributed by atoms with van der Waals surface area (Å²) in [5.74, 6) is 0.457. The molecule has 1 saturated heterocycles. The molecule has 0 bridgehead atoms. The minimum atomic E-state index is -2.84. The molecular weight excluding hydrogens is 238 g/mol. The predicted octanol–water partition coefficient (Wildman–Crippen LogP) is 1.24. The zero-order valence-electron chi connectivity index (χ0n) is 10.4. The highest BCUT2D eigenvalue weighted by Gasteiger charge is 2.32. The van der Waals surface area contributed by atoms with E-state index in [1.807, 2.05) is 0 Å². The molecule has 100 valence electrons. The Morgan fingerprint density at radius 1 is 1.18 bits per heavy atom. The number of sulfone groups is 1. The highest BCUT2D eigenvalue weighted by atomic mass is 32.2. The van der Waals surface area contributed by atoms with E-state index < -0.39 is 9.84 Å². The Kier molecular flexibility index (Phi) is 4.10. The third kappa shape index (κ3) is 3.93. The second-order valence-electron chi connectivity index (χ2n) is 5.61. The Morgan fingerprint density at radius 2 is 1.82 bits per heavy atom. The molecular formula is C12H23NO3S. The fraction of sp³-hybridized carbons (Fsp3) is 1.00. The zero-order valence-corrected chi connectivity index (χ0v) is 11.2. The second-order valence-corrected chi connectivity index (χ2v) is 7.84. The molecule has 0 aromatic carbocycles. The van der Waals surface area contributed by atoms with Crippen LogP contribution in [0.15, 0.2) is 0 Å². The van der Waals surface area contributed by atoms with Gasteiger partial charge in [0.2, 0.25) is 0 Å². The number of nitrogens with two attached hydrogens (primary N) is 1. The molecule has 2 aliphatic rings. The lowest BCUT2D eigenvalue weighted by atomic mass is 9.92. The summed E-state index contributed by atoms with van der Waals surface area (Å²) in [4.78, 5) is 0.